The number of amides is 1. The maximum absolute atomic E-state index is 12.6. The molecule has 0 radical (unpaired) electrons. The summed E-state index contributed by atoms with van der Waals surface area (Å²) in [6, 6.07) is 14.0. The van der Waals surface area contributed by atoms with Gasteiger partial charge in [0, 0.05) is 25.3 Å². The average Bonchev–Trinajstić information content (AvgIpc) is 2.86. The van der Waals surface area contributed by atoms with Gasteiger partial charge in [0.05, 0.1) is 6.10 Å². The number of hydrogen-bond donors (Lipinski definition) is 4. The van der Waals surface area contributed by atoms with Gasteiger partial charge in [-0.25, -0.2) is 0 Å². The zero-order valence-corrected chi connectivity index (χ0v) is 20.5. The first-order valence-electron chi connectivity index (χ1n) is 12.2. The number of rotatable bonds is 9. The van der Waals surface area contributed by atoms with Crippen LogP contribution in [0.5, 0.6) is 0 Å². The van der Waals surface area contributed by atoms with Crippen LogP contribution in [-0.2, 0) is 9.53 Å². The summed E-state index contributed by atoms with van der Waals surface area (Å²) in [5, 5.41) is 44.0. The van der Waals surface area contributed by atoms with E-state index in [4.69, 9.17) is 4.74 Å². The second-order valence-electron chi connectivity index (χ2n) is 9.01. The average molecular weight is 482 g/mol. The lowest BCUT2D eigenvalue weighted by atomic mass is 9.95. The molecule has 2 aromatic rings. The number of hydrogen-bond acceptors (Lipinski definition) is 7. The van der Waals surface area contributed by atoms with Crippen LogP contribution in [0, 0.1) is 11.3 Å². The molecule has 1 heterocycles. The molecule has 5 atom stereocenters. The minimum Gasteiger partial charge on any atom is -0.388 e. The molecule has 0 aromatic heterocycles. The van der Waals surface area contributed by atoms with Crippen molar-refractivity contribution in [3.8, 4) is 6.07 Å². The fourth-order valence-electron chi connectivity index (χ4n) is 4.36. The molecule has 0 bridgehead atoms. The van der Waals surface area contributed by atoms with Crippen molar-refractivity contribution in [3.05, 3.63) is 47.5 Å². The summed E-state index contributed by atoms with van der Waals surface area (Å²) < 4.78 is 5.49. The first-order chi connectivity index (χ1) is 16.8. The summed E-state index contributed by atoms with van der Waals surface area (Å²) in [7, 11) is 0. The van der Waals surface area contributed by atoms with E-state index in [9.17, 15) is 25.4 Å². The lowest BCUT2D eigenvalue weighted by Gasteiger charge is -2.39. The fourth-order valence-corrected chi connectivity index (χ4v) is 4.36. The number of nitrogens with one attached hydrogen (secondary N) is 1. The molecule has 8 nitrogen and oxygen atoms in total. The topological polar surface area (TPSA) is 126 Å². The molecule has 35 heavy (non-hydrogen) atoms. The van der Waals surface area contributed by atoms with E-state index in [0.717, 1.165) is 42.3 Å². The number of nitrogens with zero attached hydrogens (tertiary/aromatic N) is 2. The molecule has 1 aliphatic heterocycles. The fraction of sp³-hybridized carbons (Fsp3) is 0.481. The highest BCUT2D eigenvalue weighted by Gasteiger charge is 2.41. The number of nitriles is 1. The van der Waals surface area contributed by atoms with Crippen LogP contribution in [0.1, 0.15) is 39.2 Å². The number of ether oxygens (including phenoxy) is 1. The third kappa shape index (κ3) is 6.38. The minimum absolute atomic E-state index is 0.0861. The molecule has 1 unspecified atom stereocenters. The predicted octanol–water partition coefficient (Wildman–Crippen LogP) is 2.36. The van der Waals surface area contributed by atoms with Gasteiger partial charge < -0.3 is 30.3 Å². The Morgan fingerprint density at radius 3 is 2.37 bits per heavy atom. The van der Waals surface area contributed by atoms with Crippen LogP contribution in [0.15, 0.2) is 42.0 Å². The van der Waals surface area contributed by atoms with Gasteiger partial charge in [-0.2, -0.15) is 5.26 Å². The van der Waals surface area contributed by atoms with E-state index < -0.39 is 36.4 Å². The van der Waals surface area contributed by atoms with Crippen molar-refractivity contribution in [3.63, 3.8) is 0 Å². The van der Waals surface area contributed by atoms with Crippen LogP contribution in [-0.4, -0.2) is 71.4 Å². The van der Waals surface area contributed by atoms with E-state index in [-0.39, 0.29) is 12.1 Å². The Morgan fingerprint density at radius 2 is 1.71 bits per heavy atom. The number of carbonyl (C=O) groups excluding carboxylic acids is 1. The second-order valence-corrected chi connectivity index (χ2v) is 9.01. The van der Waals surface area contributed by atoms with Gasteiger partial charge in [-0.15, -0.1) is 0 Å². The van der Waals surface area contributed by atoms with Crippen LogP contribution < -0.4 is 10.2 Å². The van der Waals surface area contributed by atoms with Crippen molar-refractivity contribution in [2.45, 2.75) is 64.1 Å². The Hall–Kier alpha value is -2.96. The standard InChI is InChI=1S/C27H35N3O5/c1-4-10-30(11-5-2)22-9-8-19-12-18(6-7-20(19)14-22)13-21(15-28)27(34)29-16-23-25(32)26(33)24(31)17(3)35-23/h6-9,12-14,17,23-26,31-33H,4-5,10-11,16H2,1-3H3,(H,29,34)/b21-13+/t17?,23-,24+,25-,26-/m1/s1. The van der Waals surface area contributed by atoms with Crippen molar-refractivity contribution in [2.75, 3.05) is 24.5 Å². The highest BCUT2D eigenvalue weighted by Crippen LogP contribution is 2.25. The Bertz CT molecular complexity index is 1090. The summed E-state index contributed by atoms with van der Waals surface area (Å²) in [5.41, 5.74) is 1.81. The van der Waals surface area contributed by atoms with E-state index in [2.05, 4.69) is 42.3 Å². The summed E-state index contributed by atoms with van der Waals surface area (Å²) >= 11 is 0. The lowest BCUT2D eigenvalue weighted by Crippen LogP contribution is -2.59. The molecule has 1 amide bonds. The number of anilines is 1. The summed E-state index contributed by atoms with van der Waals surface area (Å²) in [6.45, 7) is 7.81. The zero-order chi connectivity index (χ0) is 25.5. The SMILES string of the molecule is CCCN(CCC)c1ccc2cc(/C=C(\C#N)C(=O)NC[C@H]3OC(C)[C@H](O)[C@@H](O)[C@@H]3O)ccc2c1. The normalized spacial score (nSPS) is 24.7. The van der Waals surface area contributed by atoms with Gasteiger partial charge in [0.15, 0.2) is 0 Å². The highest BCUT2D eigenvalue weighted by atomic mass is 16.5. The van der Waals surface area contributed by atoms with Gasteiger partial charge in [0.25, 0.3) is 5.91 Å². The van der Waals surface area contributed by atoms with Gasteiger partial charge in [0.1, 0.15) is 36.1 Å². The molecule has 188 valence electrons. The van der Waals surface area contributed by atoms with E-state index in [1.54, 1.807) is 6.92 Å². The van der Waals surface area contributed by atoms with Crippen LogP contribution in [0.25, 0.3) is 16.8 Å². The molecule has 8 heteroatoms. The van der Waals surface area contributed by atoms with E-state index in [1.807, 2.05) is 24.3 Å². The number of aliphatic hydroxyl groups excluding tert-OH is 3. The summed E-state index contributed by atoms with van der Waals surface area (Å²) in [6.07, 6.45) is -1.87. The minimum atomic E-state index is -1.37. The van der Waals surface area contributed by atoms with E-state index >= 15 is 0 Å². The monoisotopic (exact) mass is 481 g/mol. The number of fused-ring (bicyclic) bond motifs is 1. The molecule has 2 aromatic carbocycles. The molecular formula is C27H35N3O5. The van der Waals surface area contributed by atoms with Gasteiger partial charge in [-0.3, -0.25) is 4.79 Å². The Balaban J connectivity index is 1.72. The van der Waals surface area contributed by atoms with Crippen LogP contribution >= 0.6 is 0 Å². The van der Waals surface area contributed by atoms with Crippen molar-refractivity contribution < 1.29 is 24.9 Å². The van der Waals surface area contributed by atoms with Crippen LogP contribution in [0.2, 0.25) is 0 Å². The molecule has 4 N–H and O–H groups in total. The largest absolute Gasteiger partial charge is 0.388 e. The third-order valence-electron chi connectivity index (χ3n) is 6.29. The quantitative estimate of drug-likeness (QED) is 0.320. The van der Waals surface area contributed by atoms with Crippen molar-refractivity contribution >= 4 is 28.4 Å². The maximum Gasteiger partial charge on any atom is 0.262 e. The van der Waals surface area contributed by atoms with E-state index in [0.29, 0.717) is 0 Å². The molecule has 0 saturated carbocycles. The maximum atomic E-state index is 12.6. The molecule has 1 aliphatic rings. The van der Waals surface area contributed by atoms with Crippen molar-refractivity contribution in [1.82, 2.24) is 5.32 Å². The lowest BCUT2D eigenvalue weighted by molar-refractivity contribution is -0.215. The van der Waals surface area contributed by atoms with Crippen LogP contribution in [0.4, 0.5) is 5.69 Å². The molecule has 1 fully saturated rings. The summed E-state index contributed by atoms with van der Waals surface area (Å²) in [4.78, 5) is 15.0. The molecule has 3 rings (SSSR count). The molecule has 1 saturated heterocycles. The molecular weight excluding hydrogens is 446 g/mol. The van der Waals surface area contributed by atoms with Crippen molar-refractivity contribution in [1.29, 1.82) is 5.26 Å². The Morgan fingerprint density at radius 1 is 1.06 bits per heavy atom. The highest BCUT2D eigenvalue weighted by molar-refractivity contribution is 6.02. The molecule has 0 aliphatic carbocycles. The first-order valence-corrected chi connectivity index (χ1v) is 12.2. The van der Waals surface area contributed by atoms with Gasteiger partial charge in [0.2, 0.25) is 0 Å². The van der Waals surface area contributed by atoms with Gasteiger partial charge in [-0.1, -0.05) is 32.0 Å². The van der Waals surface area contributed by atoms with Crippen LogP contribution in [0.3, 0.4) is 0 Å². The molecule has 0 spiro atoms. The number of aliphatic hydroxyl groups is 3. The van der Waals surface area contributed by atoms with E-state index in [1.165, 1.54) is 11.8 Å². The van der Waals surface area contributed by atoms with Gasteiger partial charge >= 0.3 is 0 Å². The smallest absolute Gasteiger partial charge is 0.262 e. The Labute approximate surface area is 206 Å². The summed E-state index contributed by atoms with van der Waals surface area (Å²) in [5.74, 6) is -0.609. The first kappa shape index (κ1) is 26.6. The number of carbonyl (C=O) groups is 1. The zero-order valence-electron chi connectivity index (χ0n) is 20.5. The Kier molecular flexibility index (Phi) is 9.24. The second kappa shape index (κ2) is 12.1. The van der Waals surface area contributed by atoms with Gasteiger partial charge in [-0.05, 0) is 60.4 Å². The van der Waals surface area contributed by atoms with Crippen molar-refractivity contribution in [2.24, 2.45) is 0 Å². The predicted molar refractivity (Wildman–Crippen MR) is 136 cm³/mol. The third-order valence-corrected chi connectivity index (χ3v) is 6.29. The number of benzene rings is 2.